The summed E-state index contributed by atoms with van der Waals surface area (Å²) in [7, 11) is 0. The van der Waals surface area contributed by atoms with Gasteiger partial charge in [0.25, 0.3) is 0 Å². The van der Waals surface area contributed by atoms with Crippen molar-refractivity contribution in [3.8, 4) is 5.75 Å². The first-order valence-electron chi connectivity index (χ1n) is 8.95. The number of aromatic nitrogens is 2. The van der Waals surface area contributed by atoms with Crippen molar-refractivity contribution in [1.82, 2.24) is 10.2 Å². The van der Waals surface area contributed by atoms with Crippen LogP contribution in [0.2, 0.25) is 0 Å². The van der Waals surface area contributed by atoms with Crippen LogP contribution in [0.3, 0.4) is 0 Å². The minimum absolute atomic E-state index is 0.0804. The first kappa shape index (κ1) is 20.2. The quantitative estimate of drug-likeness (QED) is 0.496. The Hall–Kier alpha value is -2.58. The second-order valence-corrected chi connectivity index (χ2v) is 8.52. The number of rotatable bonds is 9. The molecule has 0 bridgehead atoms. The summed E-state index contributed by atoms with van der Waals surface area (Å²) in [6.45, 7) is 5.16. The van der Waals surface area contributed by atoms with Crippen molar-refractivity contribution < 1.29 is 9.53 Å². The molecule has 28 heavy (non-hydrogen) atoms. The van der Waals surface area contributed by atoms with Gasteiger partial charge in [0.1, 0.15) is 12.4 Å². The van der Waals surface area contributed by atoms with Crippen LogP contribution in [0.5, 0.6) is 5.75 Å². The van der Waals surface area contributed by atoms with E-state index >= 15 is 0 Å². The third-order valence-electron chi connectivity index (χ3n) is 3.75. The van der Waals surface area contributed by atoms with Crippen LogP contribution in [0, 0.1) is 0 Å². The standard InChI is InChI=1S/C20H22N4O2S2/c1-3-21-19-23-24-20(28-19)27-14(2)18(25)22-16-9-11-17(12-10-16)26-13-15-7-5-4-6-8-15/h4-12,14H,3,13H2,1-2H3,(H,21,23)(H,22,25)/t14-/m1/s1. The highest BCUT2D eigenvalue weighted by atomic mass is 32.2. The van der Waals surface area contributed by atoms with E-state index in [0.717, 1.165) is 33.0 Å². The number of carbonyl (C=O) groups is 1. The maximum absolute atomic E-state index is 12.4. The summed E-state index contributed by atoms with van der Waals surface area (Å²) in [6.07, 6.45) is 0. The van der Waals surface area contributed by atoms with Gasteiger partial charge in [0.15, 0.2) is 4.34 Å². The Balaban J connectivity index is 1.49. The molecule has 146 valence electrons. The van der Waals surface area contributed by atoms with E-state index in [1.54, 1.807) is 0 Å². The molecule has 3 aromatic rings. The zero-order valence-electron chi connectivity index (χ0n) is 15.7. The molecule has 1 aromatic heterocycles. The summed E-state index contributed by atoms with van der Waals surface area (Å²) in [4.78, 5) is 12.4. The van der Waals surface area contributed by atoms with Crippen LogP contribution in [-0.4, -0.2) is 27.9 Å². The van der Waals surface area contributed by atoms with E-state index in [-0.39, 0.29) is 11.2 Å². The number of anilines is 2. The van der Waals surface area contributed by atoms with Gasteiger partial charge in [-0.15, -0.1) is 10.2 Å². The number of hydrogen-bond donors (Lipinski definition) is 2. The van der Waals surface area contributed by atoms with Crippen molar-refractivity contribution >= 4 is 39.8 Å². The molecule has 3 rings (SSSR count). The number of hydrogen-bond acceptors (Lipinski definition) is 7. The zero-order valence-corrected chi connectivity index (χ0v) is 17.3. The predicted octanol–water partition coefficient (Wildman–Crippen LogP) is 4.67. The fourth-order valence-electron chi connectivity index (χ4n) is 2.30. The maximum Gasteiger partial charge on any atom is 0.237 e. The maximum atomic E-state index is 12.4. The van der Waals surface area contributed by atoms with Crippen molar-refractivity contribution in [2.24, 2.45) is 0 Å². The molecule has 1 atom stereocenters. The third-order valence-corrected chi connectivity index (χ3v) is 5.82. The zero-order chi connectivity index (χ0) is 19.8. The average molecular weight is 415 g/mol. The van der Waals surface area contributed by atoms with E-state index < -0.39 is 0 Å². The highest BCUT2D eigenvalue weighted by Gasteiger charge is 2.17. The first-order chi connectivity index (χ1) is 13.6. The van der Waals surface area contributed by atoms with Crippen LogP contribution in [-0.2, 0) is 11.4 Å². The lowest BCUT2D eigenvalue weighted by Crippen LogP contribution is -2.22. The van der Waals surface area contributed by atoms with Crippen molar-refractivity contribution in [3.63, 3.8) is 0 Å². The highest BCUT2D eigenvalue weighted by molar-refractivity contribution is 8.02. The number of benzene rings is 2. The summed E-state index contributed by atoms with van der Waals surface area (Å²) in [5, 5.41) is 14.7. The van der Waals surface area contributed by atoms with Gasteiger partial charge in [0.05, 0.1) is 5.25 Å². The van der Waals surface area contributed by atoms with Crippen LogP contribution in [0.15, 0.2) is 58.9 Å². The fourth-order valence-corrected chi connectivity index (χ4v) is 4.27. The van der Waals surface area contributed by atoms with Gasteiger partial charge in [0.2, 0.25) is 11.0 Å². The molecule has 6 nitrogen and oxygen atoms in total. The molecule has 1 heterocycles. The molecule has 0 aliphatic carbocycles. The van der Waals surface area contributed by atoms with E-state index in [4.69, 9.17) is 4.74 Å². The number of thioether (sulfide) groups is 1. The van der Waals surface area contributed by atoms with E-state index in [1.165, 1.54) is 23.1 Å². The molecule has 0 aliphatic rings. The minimum atomic E-state index is -0.281. The molecular formula is C20H22N4O2S2. The van der Waals surface area contributed by atoms with Gasteiger partial charge in [-0.1, -0.05) is 53.4 Å². The molecule has 2 aromatic carbocycles. The van der Waals surface area contributed by atoms with Crippen LogP contribution in [0.25, 0.3) is 0 Å². The van der Waals surface area contributed by atoms with Crippen LogP contribution >= 0.6 is 23.1 Å². The number of carbonyl (C=O) groups excluding carboxylic acids is 1. The fraction of sp³-hybridized carbons (Fsp3) is 0.250. The van der Waals surface area contributed by atoms with Gasteiger partial charge in [0, 0.05) is 12.2 Å². The van der Waals surface area contributed by atoms with Crippen molar-refractivity contribution in [3.05, 3.63) is 60.2 Å². The molecular weight excluding hydrogens is 392 g/mol. The lowest BCUT2D eigenvalue weighted by Gasteiger charge is -2.11. The van der Waals surface area contributed by atoms with E-state index in [1.807, 2.05) is 68.4 Å². The minimum Gasteiger partial charge on any atom is -0.489 e. The summed E-state index contributed by atoms with van der Waals surface area (Å²) >= 11 is 2.84. The molecule has 0 radical (unpaired) electrons. The molecule has 8 heteroatoms. The van der Waals surface area contributed by atoms with Crippen LogP contribution < -0.4 is 15.4 Å². The molecule has 1 amide bonds. The van der Waals surface area contributed by atoms with Crippen LogP contribution in [0.1, 0.15) is 19.4 Å². The van der Waals surface area contributed by atoms with Crippen molar-refractivity contribution in [2.45, 2.75) is 30.0 Å². The largest absolute Gasteiger partial charge is 0.489 e. The number of ether oxygens (including phenoxy) is 1. The number of nitrogens with zero attached hydrogens (tertiary/aromatic N) is 2. The van der Waals surface area contributed by atoms with Gasteiger partial charge in [-0.3, -0.25) is 4.79 Å². The Kier molecular flexibility index (Phi) is 7.27. The van der Waals surface area contributed by atoms with Crippen molar-refractivity contribution in [2.75, 3.05) is 17.2 Å². The molecule has 0 saturated carbocycles. The van der Waals surface area contributed by atoms with Gasteiger partial charge in [-0.2, -0.15) is 0 Å². The Morgan fingerprint density at radius 1 is 1.14 bits per heavy atom. The second-order valence-electron chi connectivity index (χ2n) is 5.95. The highest BCUT2D eigenvalue weighted by Crippen LogP contribution is 2.29. The average Bonchev–Trinajstić information content (AvgIpc) is 3.15. The van der Waals surface area contributed by atoms with Gasteiger partial charge in [-0.25, -0.2) is 0 Å². The normalized spacial score (nSPS) is 11.6. The van der Waals surface area contributed by atoms with Crippen LogP contribution in [0.4, 0.5) is 10.8 Å². The Morgan fingerprint density at radius 2 is 1.89 bits per heavy atom. The first-order valence-corrected chi connectivity index (χ1v) is 10.7. The molecule has 0 aliphatic heterocycles. The Labute approximate surface area is 172 Å². The lowest BCUT2D eigenvalue weighted by molar-refractivity contribution is -0.115. The van der Waals surface area contributed by atoms with Crippen molar-refractivity contribution in [1.29, 1.82) is 0 Å². The molecule has 0 fully saturated rings. The van der Waals surface area contributed by atoms with Gasteiger partial charge in [-0.05, 0) is 43.7 Å². The Morgan fingerprint density at radius 3 is 2.61 bits per heavy atom. The predicted molar refractivity (Wildman–Crippen MR) is 115 cm³/mol. The van der Waals surface area contributed by atoms with Gasteiger partial charge >= 0.3 is 0 Å². The number of amides is 1. The summed E-state index contributed by atoms with van der Waals surface area (Å²) < 4.78 is 6.53. The molecule has 0 saturated heterocycles. The monoisotopic (exact) mass is 414 g/mol. The van der Waals surface area contributed by atoms with E-state index in [0.29, 0.717) is 6.61 Å². The summed E-state index contributed by atoms with van der Waals surface area (Å²) in [6, 6.07) is 17.4. The van der Waals surface area contributed by atoms with E-state index in [2.05, 4.69) is 20.8 Å². The smallest absolute Gasteiger partial charge is 0.237 e. The second kappa shape index (κ2) is 10.1. The van der Waals surface area contributed by atoms with Gasteiger partial charge < -0.3 is 15.4 Å². The van der Waals surface area contributed by atoms with E-state index in [9.17, 15) is 4.79 Å². The summed E-state index contributed by atoms with van der Waals surface area (Å²) in [5.41, 5.74) is 1.84. The Bertz CT molecular complexity index is 885. The third kappa shape index (κ3) is 5.97. The summed E-state index contributed by atoms with van der Waals surface area (Å²) in [5.74, 6) is 0.678. The SMILES string of the molecule is CCNc1nnc(S[C@H](C)C(=O)Nc2ccc(OCc3ccccc3)cc2)s1. The molecule has 2 N–H and O–H groups in total. The molecule has 0 spiro atoms. The number of nitrogens with one attached hydrogen (secondary N) is 2. The molecule has 0 unspecified atom stereocenters. The topological polar surface area (TPSA) is 76.1 Å². The lowest BCUT2D eigenvalue weighted by atomic mass is 10.2.